The van der Waals surface area contributed by atoms with Crippen LogP contribution >= 0.6 is 35.3 Å². The molecule has 1 fully saturated rings. The summed E-state index contributed by atoms with van der Waals surface area (Å²) < 4.78 is 5.54. The van der Waals surface area contributed by atoms with Gasteiger partial charge in [0.15, 0.2) is 5.96 Å². The molecule has 1 aromatic carbocycles. The first-order chi connectivity index (χ1) is 15.2. The first-order valence-electron chi connectivity index (χ1n) is 11.0. The third-order valence-corrected chi connectivity index (χ3v) is 6.72. The fourth-order valence-corrected chi connectivity index (χ4v) is 5.03. The normalized spacial score (nSPS) is 20.0. The van der Waals surface area contributed by atoms with Crippen molar-refractivity contribution in [3.05, 3.63) is 52.2 Å². The number of aliphatic imine (C=N–C) groups is 1. The second-order valence-corrected chi connectivity index (χ2v) is 8.80. The molecule has 0 radical (unpaired) electrons. The predicted octanol–water partition coefficient (Wildman–Crippen LogP) is 3.42. The largest absolute Gasteiger partial charge is 0.379 e. The van der Waals surface area contributed by atoms with Crippen molar-refractivity contribution in [2.75, 3.05) is 51.3 Å². The van der Waals surface area contributed by atoms with Gasteiger partial charge >= 0.3 is 0 Å². The molecule has 2 unspecified atom stereocenters. The summed E-state index contributed by atoms with van der Waals surface area (Å²) in [6, 6.07) is 12.6. The molecule has 7 nitrogen and oxygen atoms in total. The van der Waals surface area contributed by atoms with E-state index in [-0.39, 0.29) is 41.8 Å². The number of carbonyl (C=O) groups excluding carboxylic acids is 1. The van der Waals surface area contributed by atoms with Gasteiger partial charge in [-0.2, -0.15) is 0 Å². The number of amides is 1. The number of benzene rings is 1. The Kier molecular flexibility index (Phi) is 9.76. The van der Waals surface area contributed by atoms with Crippen molar-refractivity contribution in [2.45, 2.75) is 25.3 Å². The summed E-state index contributed by atoms with van der Waals surface area (Å²) in [4.78, 5) is 20.8. The summed E-state index contributed by atoms with van der Waals surface area (Å²) in [5, 5.41) is 11.9. The van der Waals surface area contributed by atoms with Crippen LogP contribution in [0.4, 0.5) is 5.69 Å². The molecular formula is C23H32IN5O2S. The number of halogens is 1. The van der Waals surface area contributed by atoms with Gasteiger partial charge in [0.05, 0.1) is 25.8 Å². The van der Waals surface area contributed by atoms with Crippen molar-refractivity contribution >= 4 is 52.9 Å². The van der Waals surface area contributed by atoms with Gasteiger partial charge in [-0.1, -0.05) is 24.3 Å². The lowest BCUT2D eigenvalue weighted by Crippen LogP contribution is -2.42. The zero-order valence-corrected chi connectivity index (χ0v) is 21.5. The van der Waals surface area contributed by atoms with Crippen LogP contribution in [-0.4, -0.2) is 62.7 Å². The molecule has 0 aliphatic carbocycles. The minimum Gasteiger partial charge on any atom is -0.379 e. The third-order valence-electron chi connectivity index (χ3n) is 5.75. The highest BCUT2D eigenvalue weighted by molar-refractivity contribution is 14.0. The number of guanidine groups is 1. The van der Waals surface area contributed by atoms with Crippen LogP contribution in [0.25, 0.3) is 0 Å². The SMILES string of the molecule is CCNC(=NCC(c1cccs1)N1CCOCC1)NCC1CC(=O)Nc2ccccc21.I. The zero-order chi connectivity index (χ0) is 21.5. The quantitative estimate of drug-likeness (QED) is 0.271. The van der Waals surface area contributed by atoms with Crippen LogP contribution in [-0.2, 0) is 9.53 Å². The van der Waals surface area contributed by atoms with Crippen LogP contribution in [0.3, 0.4) is 0 Å². The van der Waals surface area contributed by atoms with Crippen LogP contribution in [0.15, 0.2) is 46.8 Å². The molecular weight excluding hydrogens is 537 g/mol. The number of rotatable bonds is 7. The molecule has 3 N–H and O–H groups in total. The molecule has 1 aromatic heterocycles. The third kappa shape index (κ3) is 6.43. The van der Waals surface area contributed by atoms with Crippen LogP contribution in [0.5, 0.6) is 0 Å². The number of thiophene rings is 1. The number of hydrogen-bond acceptors (Lipinski definition) is 5. The lowest BCUT2D eigenvalue weighted by Gasteiger charge is -2.33. The number of nitrogens with one attached hydrogen (secondary N) is 3. The second-order valence-electron chi connectivity index (χ2n) is 7.82. The monoisotopic (exact) mass is 569 g/mol. The Hall–Kier alpha value is -1.69. The molecule has 2 atom stereocenters. The molecule has 2 aromatic rings. The first kappa shape index (κ1) is 24.9. The summed E-state index contributed by atoms with van der Waals surface area (Å²) in [5.41, 5.74) is 2.09. The Morgan fingerprint density at radius 3 is 2.81 bits per heavy atom. The van der Waals surface area contributed by atoms with Gasteiger partial charge < -0.3 is 20.7 Å². The van der Waals surface area contributed by atoms with Gasteiger partial charge in [0.1, 0.15) is 0 Å². The number of fused-ring (bicyclic) bond motifs is 1. The maximum absolute atomic E-state index is 12.1. The molecule has 0 bridgehead atoms. The van der Waals surface area contributed by atoms with Crippen LogP contribution in [0.1, 0.15) is 35.7 Å². The molecule has 4 rings (SSSR count). The smallest absolute Gasteiger partial charge is 0.225 e. The number of ether oxygens (including phenoxy) is 1. The predicted molar refractivity (Wildman–Crippen MR) is 141 cm³/mol. The summed E-state index contributed by atoms with van der Waals surface area (Å²) in [5.74, 6) is 0.986. The van der Waals surface area contributed by atoms with Crippen molar-refractivity contribution < 1.29 is 9.53 Å². The number of anilines is 1. The van der Waals surface area contributed by atoms with E-state index >= 15 is 0 Å². The van der Waals surface area contributed by atoms with Gasteiger partial charge in [-0.3, -0.25) is 14.7 Å². The van der Waals surface area contributed by atoms with E-state index in [0.717, 1.165) is 44.5 Å². The molecule has 1 amide bonds. The molecule has 1 saturated heterocycles. The minimum atomic E-state index is 0. The number of hydrogen-bond donors (Lipinski definition) is 3. The summed E-state index contributed by atoms with van der Waals surface area (Å²) in [7, 11) is 0. The molecule has 2 aliphatic heterocycles. The molecule has 2 aliphatic rings. The van der Waals surface area contributed by atoms with Gasteiger partial charge in [0.2, 0.25) is 5.91 Å². The van der Waals surface area contributed by atoms with E-state index in [1.165, 1.54) is 10.4 Å². The number of carbonyl (C=O) groups is 1. The van der Waals surface area contributed by atoms with Gasteiger partial charge in [0.25, 0.3) is 0 Å². The van der Waals surface area contributed by atoms with Crippen LogP contribution < -0.4 is 16.0 Å². The topological polar surface area (TPSA) is 78.0 Å². The number of morpholine rings is 1. The Bertz CT molecular complexity index is 886. The number of para-hydroxylation sites is 1. The summed E-state index contributed by atoms with van der Waals surface area (Å²) >= 11 is 1.78. The number of nitrogens with zero attached hydrogens (tertiary/aromatic N) is 2. The molecule has 3 heterocycles. The Morgan fingerprint density at radius 2 is 2.06 bits per heavy atom. The zero-order valence-electron chi connectivity index (χ0n) is 18.4. The van der Waals surface area contributed by atoms with E-state index in [1.54, 1.807) is 11.3 Å². The molecule has 0 spiro atoms. The minimum absolute atomic E-state index is 0. The second kappa shape index (κ2) is 12.5. The summed E-state index contributed by atoms with van der Waals surface area (Å²) in [6.07, 6.45) is 0.481. The van der Waals surface area contributed by atoms with E-state index < -0.39 is 0 Å². The maximum atomic E-state index is 12.1. The van der Waals surface area contributed by atoms with E-state index in [1.807, 2.05) is 18.2 Å². The fraction of sp³-hybridized carbons (Fsp3) is 0.478. The standard InChI is InChI=1S/C23H31N5O2S.HI/c1-2-24-23(25-15-17-14-22(29)27-19-7-4-3-6-18(17)19)26-16-20(21-8-5-13-31-21)28-9-11-30-12-10-28;/h3-8,13,17,20H,2,9-12,14-16H2,1H3,(H,27,29)(H2,24,25,26);1H. The maximum Gasteiger partial charge on any atom is 0.225 e. The van der Waals surface area contributed by atoms with Crippen LogP contribution in [0, 0.1) is 0 Å². The Morgan fingerprint density at radius 1 is 1.25 bits per heavy atom. The Labute approximate surface area is 211 Å². The van der Waals surface area contributed by atoms with Crippen molar-refractivity contribution in [1.82, 2.24) is 15.5 Å². The Balaban J connectivity index is 0.00000289. The molecule has 9 heteroatoms. The average molecular weight is 570 g/mol. The van der Waals surface area contributed by atoms with E-state index in [4.69, 9.17) is 9.73 Å². The summed E-state index contributed by atoms with van der Waals surface area (Å²) in [6.45, 7) is 7.59. The van der Waals surface area contributed by atoms with Gasteiger partial charge in [-0.15, -0.1) is 35.3 Å². The van der Waals surface area contributed by atoms with E-state index in [2.05, 4.69) is 51.4 Å². The highest BCUT2D eigenvalue weighted by Crippen LogP contribution is 2.31. The van der Waals surface area contributed by atoms with Crippen molar-refractivity contribution in [2.24, 2.45) is 4.99 Å². The van der Waals surface area contributed by atoms with E-state index in [0.29, 0.717) is 19.5 Å². The fourth-order valence-electron chi connectivity index (χ4n) is 4.18. The molecule has 32 heavy (non-hydrogen) atoms. The lowest BCUT2D eigenvalue weighted by molar-refractivity contribution is -0.116. The highest BCUT2D eigenvalue weighted by atomic mass is 127. The lowest BCUT2D eigenvalue weighted by atomic mass is 9.90. The van der Waals surface area contributed by atoms with Crippen LogP contribution in [0.2, 0.25) is 0 Å². The average Bonchev–Trinajstić information content (AvgIpc) is 3.32. The first-order valence-corrected chi connectivity index (χ1v) is 11.9. The van der Waals surface area contributed by atoms with Crippen molar-refractivity contribution in [1.29, 1.82) is 0 Å². The van der Waals surface area contributed by atoms with Gasteiger partial charge in [0, 0.05) is 49.1 Å². The van der Waals surface area contributed by atoms with Crippen molar-refractivity contribution in [3.63, 3.8) is 0 Å². The molecule has 0 saturated carbocycles. The highest BCUT2D eigenvalue weighted by Gasteiger charge is 2.26. The van der Waals surface area contributed by atoms with E-state index in [9.17, 15) is 4.79 Å². The van der Waals surface area contributed by atoms with Crippen molar-refractivity contribution in [3.8, 4) is 0 Å². The molecule has 174 valence electrons. The van der Waals surface area contributed by atoms with Gasteiger partial charge in [-0.05, 0) is 30.0 Å². The van der Waals surface area contributed by atoms with Gasteiger partial charge in [-0.25, -0.2) is 0 Å².